The average Bonchev–Trinajstić information content (AvgIpc) is 3.21. The van der Waals surface area contributed by atoms with E-state index in [-0.39, 0.29) is 12.6 Å². The lowest BCUT2D eigenvalue weighted by atomic mass is 9.85. The van der Waals surface area contributed by atoms with E-state index in [9.17, 15) is 9.59 Å². The molecule has 2 aliphatic rings. The van der Waals surface area contributed by atoms with Crippen LogP contribution in [0.2, 0.25) is 0 Å². The van der Waals surface area contributed by atoms with E-state index in [4.69, 9.17) is 23.7 Å². The third-order valence-electron chi connectivity index (χ3n) is 5.00. The molecule has 2 aliphatic heterocycles. The van der Waals surface area contributed by atoms with Crippen molar-refractivity contribution >= 4 is 11.8 Å². The third kappa shape index (κ3) is 3.60. The molecule has 2 unspecified atom stereocenters. The Morgan fingerprint density at radius 1 is 1.10 bits per heavy atom. The van der Waals surface area contributed by atoms with E-state index in [2.05, 4.69) is 6.92 Å². The van der Waals surface area contributed by atoms with Gasteiger partial charge in [-0.25, -0.2) is 0 Å². The van der Waals surface area contributed by atoms with Gasteiger partial charge in [-0.15, -0.1) is 0 Å². The molecule has 152 valence electrons. The molecule has 4 rings (SSSR count). The quantitative estimate of drug-likeness (QED) is 0.417. The van der Waals surface area contributed by atoms with Gasteiger partial charge in [0.2, 0.25) is 6.79 Å². The molecule has 2 aromatic rings. The predicted molar refractivity (Wildman–Crippen MR) is 103 cm³/mol. The maximum atomic E-state index is 13.2. The molecule has 0 aliphatic carbocycles. The third-order valence-corrected chi connectivity index (χ3v) is 5.00. The van der Waals surface area contributed by atoms with Crippen molar-refractivity contribution in [2.75, 3.05) is 20.5 Å². The minimum Gasteiger partial charge on any atom is -0.494 e. The monoisotopic (exact) mass is 398 g/mol. The normalized spacial score (nSPS) is 19.3. The SMILES string of the molecule is CCCCOc1ccc2c(c1)C(=O)C(C(=O)OC)C(c1ccc3c(c1)OCO3)O2. The van der Waals surface area contributed by atoms with Crippen molar-refractivity contribution < 1.29 is 33.3 Å². The summed E-state index contributed by atoms with van der Waals surface area (Å²) in [5.41, 5.74) is 0.943. The first-order valence-corrected chi connectivity index (χ1v) is 9.57. The van der Waals surface area contributed by atoms with Crippen LogP contribution in [0, 0.1) is 5.92 Å². The zero-order valence-electron chi connectivity index (χ0n) is 16.3. The van der Waals surface area contributed by atoms with Gasteiger partial charge in [-0.2, -0.15) is 0 Å². The molecule has 0 spiro atoms. The summed E-state index contributed by atoms with van der Waals surface area (Å²) in [5, 5.41) is 0. The number of benzene rings is 2. The summed E-state index contributed by atoms with van der Waals surface area (Å²) < 4.78 is 27.4. The molecule has 0 radical (unpaired) electrons. The number of Topliss-reactive ketones (excluding diaryl/α,β-unsaturated/α-hetero) is 1. The van der Waals surface area contributed by atoms with Gasteiger partial charge >= 0.3 is 5.97 Å². The number of methoxy groups -OCH3 is 1. The summed E-state index contributed by atoms with van der Waals surface area (Å²) in [7, 11) is 1.26. The van der Waals surface area contributed by atoms with Gasteiger partial charge in [0, 0.05) is 0 Å². The molecular weight excluding hydrogens is 376 g/mol. The van der Waals surface area contributed by atoms with Crippen LogP contribution < -0.4 is 18.9 Å². The Labute approximate surface area is 168 Å². The highest BCUT2D eigenvalue weighted by Crippen LogP contribution is 2.43. The number of fused-ring (bicyclic) bond motifs is 2. The molecule has 0 amide bonds. The molecular formula is C22H22O7. The van der Waals surface area contributed by atoms with E-state index in [1.807, 2.05) is 0 Å². The lowest BCUT2D eigenvalue weighted by Gasteiger charge is -2.31. The Kier molecular flexibility index (Phi) is 5.29. The zero-order chi connectivity index (χ0) is 20.4. The van der Waals surface area contributed by atoms with Gasteiger partial charge in [-0.05, 0) is 42.3 Å². The predicted octanol–water partition coefficient (Wildman–Crippen LogP) is 3.70. The van der Waals surface area contributed by atoms with Crippen LogP contribution in [0.15, 0.2) is 36.4 Å². The smallest absolute Gasteiger partial charge is 0.320 e. The first-order valence-electron chi connectivity index (χ1n) is 9.57. The Hall–Kier alpha value is -3.22. The van der Waals surface area contributed by atoms with Crippen LogP contribution >= 0.6 is 0 Å². The fourth-order valence-electron chi connectivity index (χ4n) is 3.45. The van der Waals surface area contributed by atoms with Crippen LogP contribution in [0.3, 0.4) is 0 Å². The van der Waals surface area contributed by atoms with Gasteiger partial charge in [0.1, 0.15) is 17.6 Å². The van der Waals surface area contributed by atoms with E-state index in [0.29, 0.717) is 40.7 Å². The number of esters is 1. The number of ether oxygens (including phenoxy) is 5. The fourth-order valence-corrected chi connectivity index (χ4v) is 3.45. The number of hydrogen-bond acceptors (Lipinski definition) is 7. The van der Waals surface area contributed by atoms with Crippen LogP contribution in [0.1, 0.15) is 41.8 Å². The minimum atomic E-state index is -1.13. The summed E-state index contributed by atoms with van der Waals surface area (Å²) in [6.07, 6.45) is 1.09. The molecule has 0 fully saturated rings. The van der Waals surface area contributed by atoms with Crippen molar-refractivity contribution in [3.63, 3.8) is 0 Å². The van der Waals surface area contributed by atoms with Gasteiger partial charge in [0.05, 0.1) is 19.3 Å². The van der Waals surface area contributed by atoms with E-state index >= 15 is 0 Å². The molecule has 29 heavy (non-hydrogen) atoms. The molecule has 2 aromatic carbocycles. The van der Waals surface area contributed by atoms with Crippen LogP contribution in [-0.4, -0.2) is 32.3 Å². The van der Waals surface area contributed by atoms with Gasteiger partial charge in [0.25, 0.3) is 0 Å². The van der Waals surface area contributed by atoms with Gasteiger partial charge in [-0.1, -0.05) is 19.4 Å². The highest BCUT2D eigenvalue weighted by Gasteiger charge is 2.44. The first kappa shape index (κ1) is 19.1. The number of rotatable bonds is 6. The van der Waals surface area contributed by atoms with Crippen molar-refractivity contribution in [3.8, 4) is 23.0 Å². The molecule has 7 heteroatoms. The second-order valence-electron chi connectivity index (χ2n) is 6.88. The topological polar surface area (TPSA) is 80.3 Å². The number of carbonyl (C=O) groups excluding carboxylic acids is 2. The number of unbranched alkanes of at least 4 members (excludes halogenated alkanes) is 1. The Morgan fingerprint density at radius 3 is 2.69 bits per heavy atom. The number of hydrogen-bond donors (Lipinski definition) is 0. The second-order valence-corrected chi connectivity index (χ2v) is 6.88. The summed E-state index contributed by atoms with van der Waals surface area (Å²) in [6.45, 7) is 2.77. The maximum Gasteiger partial charge on any atom is 0.320 e. The van der Waals surface area contributed by atoms with E-state index in [1.165, 1.54) is 7.11 Å². The van der Waals surface area contributed by atoms with Crippen molar-refractivity contribution in [1.82, 2.24) is 0 Å². The van der Waals surface area contributed by atoms with Crippen LogP contribution in [0.4, 0.5) is 0 Å². The standard InChI is InChI=1S/C22H22O7/c1-3-4-9-26-14-6-8-16-15(11-14)20(23)19(22(24)25-2)21(29-16)13-5-7-17-18(10-13)28-12-27-17/h5-8,10-11,19,21H,3-4,9,12H2,1-2H3. The first-order chi connectivity index (χ1) is 14.1. The molecule has 2 heterocycles. The van der Waals surface area contributed by atoms with Gasteiger partial charge in [0.15, 0.2) is 23.2 Å². The van der Waals surface area contributed by atoms with Gasteiger partial charge in [-0.3, -0.25) is 9.59 Å². The summed E-state index contributed by atoms with van der Waals surface area (Å²) >= 11 is 0. The van der Waals surface area contributed by atoms with Crippen LogP contribution in [0.25, 0.3) is 0 Å². The number of ketones is 1. The second kappa shape index (κ2) is 8.03. The van der Waals surface area contributed by atoms with Crippen molar-refractivity contribution in [1.29, 1.82) is 0 Å². The Balaban J connectivity index is 1.68. The summed E-state index contributed by atoms with van der Waals surface area (Å²) in [5.74, 6) is -0.00606. The number of carbonyl (C=O) groups is 2. The summed E-state index contributed by atoms with van der Waals surface area (Å²) in [6, 6.07) is 10.3. The van der Waals surface area contributed by atoms with E-state index < -0.39 is 18.0 Å². The zero-order valence-corrected chi connectivity index (χ0v) is 16.3. The molecule has 0 N–H and O–H groups in total. The Morgan fingerprint density at radius 2 is 1.90 bits per heavy atom. The molecule has 0 aromatic heterocycles. The van der Waals surface area contributed by atoms with Crippen molar-refractivity contribution in [2.45, 2.75) is 25.9 Å². The molecule has 0 saturated carbocycles. The maximum absolute atomic E-state index is 13.2. The van der Waals surface area contributed by atoms with Crippen LogP contribution in [0.5, 0.6) is 23.0 Å². The van der Waals surface area contributed by atoms with Crippen LogP contribution in [-0.2, 0) is 9.53 Å². The Bertz CT molecular complexity index is 937. The van der Waals surface area contributed by atoms with Crippen molar-refractivity contribution in [3.05, 3.63) is 47.5 Å². The average molecular weight is 398 g/mol. The summed E-state index contributed by atoms with van der Waals surface area (Å²) in [4.78, 5) is 25.7. The molecule has 0 bridgehead atoms. The van der Waals surface area contributed by atoms with E-state index in [0.717, 1.165) is 12.8 Å². The van der Waals surface area contributed by atoms with Crippen molar-refractivity contribution in [2.24, 2.45) is 5.92 Å². The minimum absolute atomic E-state index is 0.132. The lowest BCUT2D eigenvalue weighted by molar-refractivity contribution is -0.146. The van der Waals surface area contributed by atoms with Gasteiger partial charge < -0.3 is 23.7 Å². The molecule has 7 nitrogen and oxygen atoms in total. The lowest BCUT2D eigenvalue weighted by Crippen LogP contribution is -2.37. The highest BCUT2D eigenvalue weighted by molar-refractivity contribution is 6.11. The fraction of sp³-hybridized carbons (Fsp3) is 0.364. The molecule has 0 saturated heterocycles. The highest BCUT2D eigenvalue weighted by atomic mass is 16.7. The largest absolute Gasteiger partial charge is 0.494 e. The molecule has 2 atom stereocenters. The van der Waals surface area contributed by atoms with E-state index in [1.54, 1.807) is 36.4 Å².